The zero-order chi connectivity index (χ0) is 13.8. The fourth-order valence-electron chi connectivity index (χ4n) is 1.56. The summed E-state index contributed by atoms with van der Waals surface area (Å²) in [6.45, 7) is 0.112. The Bertz CT molecular complexity index is 597. The molecule has 19 heavy (non-hydrogen) atoms. The van der Waals surface area contributed by atoms with Crippen LogP contribution in [0.3, 0.4) is 0 Å². The second-order valence-corrected chi connectivity index (χ2v) is 4.69. The van der Waals surface area contributed by atoms with Crippen molar-refractivity contribution in [3.63, 3.8) is 0 Å². The van der Waals surface area contributed by atoms with Crippen molar-refractivity contribution in [2.24, 2.45) is 0 Å². The summed E-state index contributed by atoms with van der Waals surface area (Å²) in [5.41, 5.74) is 6.15. The SMILES string of the molecule is COc1ccc(NC(=O)Cn2ccc(N)n2)cc1Br. The summed E-state index contributed by atoms with van der Waals surface area (Å²) < 4.78 is 7.37. The Labute approximate surface area is 118 Å². The lowest BCUT2D eigenvalue weighted by molar-refractivity contribution is -0.116. The minimum absolute atomic E-state index is 0.112. The van der Waals surface area contributed by atoms with Gasteiger partial charge in [-0.1, -0.05) is 0 Å². The first-order chi connectivity index (χ1) is 9.08. The molecule has 2 rings (SSSR count). The Balaban J connectivity index is 2.00. The number of nitrogens with one attached hydrogen (secondary N) is 1. The third-order valence-corrected chi connectivity index (χ3v) is 3.02. The van der Waals surface area contributed by atoms with E-state index < -0.39 is 0 Å². The molecule has 0 fully saturated rings. The third kappa shape index (κ3) is 3.47. The first-order valence-corrected chi connectivity index (χ1v) is 6.30. The van der Waals surface area contributed by atoms with Gasteiger partial charge in [0.25, 0.3) is 0 Å². The number of nitrogens with two attached hydrogens (primary N) is 1. The molecule has 6 nitrogen and oxygen atoms in total. The number of carbonyl (C=O) groups excluding carboxylic acids is 1. The van der Waals surface area contributed by atoms with Crippen LogP contribution in [0.2, 0.25) is 0 Å². The molecule has 2 aromatic rings. The van der Waals surface area contributed by atoms with Crippen molar-refractivity contribution in [2.45, 2.75) is 6.54 Å². The van der Waals surface area contributed by atoms with Gasteiger partial charge < -0.3 is 15.8 Å². The van der Waals surface area contributed by atoms with Crippen LogP contribution < -0.4 is 15.8 Å². The van der Waals surface area contributed by atoms with Gasteiger partial charge in [0.05, 0.1) is 11.6 Å². The van der Waals surface area contributed by atoms with E-state index in [1.54, 1.807) is 37.6 Å². The van der Waals surface area contributed by atoms with Crippen LogP contribution in [0, 0.1) is 0 Å². The number of rotatable bonds is 4. The molecule has 7 heteroatoms. The normalized spacial score (nSPS) is 10.2. The van der Waals surface area contributed by atoms with Gasteiger partial charge in [0.2, 0.25) is 5.91 Å². The summed E-state index contributed by atoms with van der Waals surface area (Å²) >= 11 is 3.36. The number of methoxy groups -OCH3 is 1. The number of hydrogen-bond donors (Lipinski definition) is 2. The molecule has 0 aliphatic carbocycles. The van der Waals surface area contributed by atoms with Crippen LogP contribution in [0.15, 0.2) is 34.9 Å². The zero-order valence-corrected chi connectivity index (χ0v) is 11.8. The maximum Gasteiger partial charge on any atom is 0.246 e. The lowest BCUT2D eigenvalue weighted by Crippen LogP contribution is -2.19. The monoisotopic (exact) mass is 324 g/mol. The Morgan fingerprint density at radius 2 is 2.32 bits per heavy atom. The van der Waals surface area contributed by atoms with Crippen LogP contribution in [0.25, 0.3) is 0 Å². The summed E-state index contributed by atoms with van der Waals surface area (Å²) in [4.78, 5) is 11.8. The number of halogens is 1. The fourth-order valence-corrected chi connectivity index (χ4v) is 2.10. The second-order valence-electron chi connectivity index (χ2n) is 3.84. The van der Waals surface area contributed by atoms with E-state index in [-0.39, 0.29) is 12.5 Å². The van der Waals surface area contributed by atoms with E-state index in [4.69, 9.17) is 10.5 Å². The van der Waals surface area contributed by atoms with Crippen LogP contribution in [0.4, 0.5) is 11.5 Å². The second kappa shape index (κ2) is 5.75. The average molecular weight is 325 g/mol. The highest BCUT2D eigenvalue weighted by molar-refractivity contribution is 9.10. The van der Waals surface area contributed by atoms with Gasteiger partial charge in [0.15, 0.2) is 0 Å². The molecule has 1 aromatic carbocycles. The number of aromatic nitrogens is 2. The van der Waals surface area contributed by atoms with Gasteiger partial charge in [0.1, 0.15) is 18.1 Å². The molecule has 1 aromatic heterocycles. The van der Waals surface area contributed by atoms with Gasteiger partial charge in [-0.05, 0) is 40.2 Å². The van der Waals surface area contributed by atoms with Crippen molar-refractivity contribution in [2.75, 3.05) is 18.2 Å². The van der Waals surface area contributed by atoms with Gasteiger partial charge in [-0.2, -0.15) is 5.10 Å². The molecular weight excluding hydrogens is 312 g/mol. The first-order valence-electron chi connectivity index (χ1n) is 5.51. The quantitative estimate of drug-likeness (QED) is 0.899. The Morgan fingerprint density at radius 3 is 2.89 bits per heavy atom. The maximum absolute atomic E-state index is 11.8. The van der Waals surface area contributed by atoms with Gasteiger partial charge >= 0.3 is 0 Å². The smallest absolute Gasteiger partial charge is 0.246 e. The Kier molecular flexibility index (Phi) is 4.06. The Morgan fingerprint density at radius 1 is 1.53 bits per heavy atom. The molecule has 100 valence electrons. The van der Waals surface area contributed by atoms with Crippen molar-refractivity contribution in [3.8, 4) is 5.75 Å². The van der Waals surface area contributed by atoms with Gasteiger partial charge in [-0.3, -0.25) is 9.48 Å². The lowest BCUT2D eigenvalue weighted by Gasteiger charge is -2.08. The van der Waals surface area contributed by atoms with E-state index in [0.717, 1.165) is 4.47 Å². The summed E-state index contributed by atoms with van der Waals surface area (Å²) in [6.07, 6.45) is 1.65. The minimum Gasteiger partial charge on any atom is -0.496 e. The number of carbonyl (C=O) groups is 1. The van der Waals surface area contributed by atoms with Gasteiger partial charge in [-0.15, -0.1) is 0 Å². The topological polar surface area (TPSA) is 82.2 Å². The van der Waals surface area contributed by atoms with Crippen molar-refractivity contribution < 1.29 is 9.53 Å². The van der Waals surface area contributed by atoms with Crippen molar-refractivity contribution >= 4 is 33.3 Å². The number of amides is 1. The lowest BCUT2D eigenvalue weighted by atomic mass is 10.3. The van der Waals surface area contributed by atoms with Crippen LogP contribution in [0.1, 0.15) is 0 Å². The summed E-state index contributed by atoms with van der Waals surface area (Å²) in [6, 6.07) is 6.94. The number of hydrogen-bond acceptors (Lipinski definition) is 4. The summed E-state index contributed by atoms with van der Waals surface area (Å²) in [7, 11) is 1.58. The van der Waals surface area contributed by atoms with E-state index in [9.17, 15) is 4.79 Å². The predicted molar refractivity (Wildman–Crippen MR) is 76.0 cm³/mol. The molecule has 0 radical (unpaired) electrons. The zero-order valence-electron chi connectivity index (χ0n) is 10.3. The van der Waals surface area contributed by atoms with E-state index in [1.807, 2.05) is 0 Å². The largest absolute Gasteiger partial charge is 0.496 e. The number of ether oxygens (including phenoxy) is 1. The highest BCUT2D eigenvalue weighted by Crippen LogP contribution is 2.27. The number of nitrogens with zero attached hydrogens (tertiary/aromatic N) is 2. The fraction of sp³-hybridized carbons (Fsp3) is 0.167. The number of nitrogen functional groups attached to an aromatic ring is 1. The minimum atomic E-state index is -0.180. The highest BCUT2D eigenvalue weighted by Gasteiger charge is 2.06. The predicted octanol–water partition coefficient (Wildman–Crippen LogP) is 1.88. The van der Waals surface area contributed by atoms with Crippen LogP contribution in [-0.4, -0.2) is 22.8 Å². The van der Waals surface area contributed by atoms with Gasteiger partial charge in [0, 0.05) is 11.9 Å². The Hall–Kier alpha value is -2.02. The van der Waals surface area contributed by atoms with Gasteiger partial charge in [-0.25, -0.2) is 0 Å². The molecule has 0 unspecified atom stereocenters. The first kappa shape index (κ1) is 13.4. The molecule has 0 saturated carbocycles. The molecule has 1 amide bonds. The van der Waals surface area contributed by atoms with Crippen LogP contribution in [-0.2, 0) is 11.3 Å². The summed E-state index contributed by atoms with van der Waals surface area (Å²) in [5, 5.41) is 6.71. The van der Waals surface area contributed by atoms with Crippen molar-refractivity contribution in [1.29, 1.82) is 0 Å². The summed E-state index contributed by atoms with van der Waals surface area (Å²) in [5.74, 6) is 0.915. The van der Waals surface area contributed by atoms with Crippen LogP contribution in [0.5, 0.6) is 5.75 Å². The van der Waals surface area contributed by atoms with Crippen molar-refractivity contribution in [3.05, 3.63) is 34.9 Å². The van der Waals surface area contributed by atoms with E-state index in [2.05, 4.69) is 26.3 Å². The molecule has 0 bridgehead atoms. The van der Waals surface area contributed by atoms with E-state index in [0.29, 0.717) is 17.3 Å². The van der Waals surface area contributed by atoms with E-state index >= 15 is 0 Å². The highest BCUT2D eigenvalue weighted by atomic mass is 79.9. The molecule has 1 heterocycles. The third-order valence-electron chi connectivity index (χ3n) is 2.40. The van der Waals surface area contributed by atoms with Crippen molar-refractivity contribution in [1.82, 2.24) is 9.78 Å². The number of anilines is 2. The average Bonchev–Trinajstić information content (AvgIpc) is 2.74. The number of benzene rings is 1. The van der Waals surface area contributed by atoms with E-state index in [1.165, 1.54) is 4.68 Å². The standard InChI is InChI=1S/C12H13BrN4O2/c1-19-10-3-2-8(6-9(10)13)15-12(18)7-17-5-4-11(14)16-17/h2-6H,7H2,1H3,(H2,14,16)(H,15,18). The molecule has 0 aliphatic heterocycles. The molecule has 0 aliphatic rings. The molecule has 0 spiro atoms. The molecule has 0 saturated heterocycles. The molecule has 0 atom stereocenters. The maximum atomic E-state index is 11.8. The van der Waals surface area contributed by atoms with Crippen LogP contribution >= 0.6 is 15.9 Å². The molecule has 3 N–H and O–H groups in total. The molecular formula is C12H13BrN4O2.